The van der Waals surface area contributed by atoms with E-state index in [0.717, 1.165) is 11.1 Å². The number of hydrogen-bond acceptors (Lipinski definition) is 4. The molecule has 0 atom stereocenters. The Balaban J connectivity index is 1.44. The van der Waals surface area contributed by atoms with Crippen LogP contribution in [-0.4, -0.2) is 55.5 Å². The van der Waals surface area contributed by atoms with Crippen molar-refractivity contribution in [3.63, 3.8) is 0 Å². The molecular formula is C20H23FN2O3S2. The van der Waals surface area contributed by atoms with Gasteiger partial charge in [-0.25, -0.2) is 12.8 Å². The van der Waals surface area contributed by atoms with Crippen LogP contribution in [0.3, 0.4) is 0 Å². The van der Waals surface area contributed by atoms with E-state index in [1.807, 2.05) is 18.2 Å². The summed E-state index contributed by atoms with van der Waals surface area (Å²) >= 11 is 1.48. The van der Waals surface area contributed by atoms with Crippen molar-refractivity contribution in [2.24, 2.45) is 0 Å². The van der Waals surface area contributed by atoms with Crippen molar-refractivity contribution in [1.29, 1.82) is 0 Å². The molecule has 1 saturated heterocycles. The number of rotatable bonds is 7. The zero-order valence-corrected chi connectivity index (χ0v) is 17.1. The largest absolute Gasteiger partial charge is 0.339 e. The molecule has 5 nitrogen and oxygen atoms in total. The molecule has 8 heteroatoms. The van der Waals surface area contributed by atoms with Crippen LogP contribution in [0.15, 0.2) is 54.6 Å². The second kappa shape index (κ2) is 9.54. The number of piperazine rings is 1. The average Bonchev–Trinajstić information content (AvgIpc) is 2.70. The minimum absolute atomic E-state index is 0.00668. The molecule has 1 aliphatic heterocycles. The van der Waals surface area contributed by atoms with Crippen LogP contribution >= 0.6 is 11.8 Å². The number of carbonyl (C=O) groups excluding carboxylic acids is 1. The Kier molecular flexibility index (Phi) is 7.09. The number of thioether (sulfide) groups is 1. The normalized spacial score (nSPS) is 15.5. The van der Waals surface area contributed by atoms with Gasteiger partial charge in [-0.3, -0.25) is 4.79 Å². The number of amides is 1. The smallest absolute Gasteiger partial charge is 0.232 e. The van der Waals surface area contributed by atoms with Gasteiger partial charge in [-0.05, 0) is 23.3 Å². The Morgan fingerprint density at radius 2 is 1.57 bits per heavy atom. The average molecular weight is 423 g/mol. The standard InChI is InChI=1S/C20H23FN2O3S2/c21-19-8-6-17(7-9-19)14-27-15-20(24)22-10-12-23(13-11-22)28(25,26)16-18-4-2-1-3-5-18/h1-9H,10-16H2. The summed E-state index contributed by atoms with van der Waals surface area (Å²) < 4.78 is 39.5. The summed E-state index contributed by atoms with van der Waals surface area (Å²) in [6.45, 7) is 1.46. The fraction of sp³-hybridized carbons (Fsp3) is 0.350. The van der Waals surface area contributed by atoms with Crippen molar-refractivity contribution in [2.45, 2.75) is 11.5 Å². The molecule has 0 unspecified atom stereocenters. The number of nitrogens with zero attached hydrogens (tertiary/aromatic N) is 2. The van der Waals surface area contributed by atoms with E-state index < -0.39 is 10.0 Å². The molecule has 0 bridgehead atoms. The summed E-state index contributed by atoms with van der Waals surface area (Å²) in [5.41, 5.74) is 1.73. The molecule has 0 radical (unpaired) electrons. The van der Waals surface area contributed by atoms with Gasteiger partial charge in [-0.2, -0.15) is 4.31 Å². The monoisotopic (exact) mass is 422 g/mol. The van der Waals surface area contributed by atoms with E-state index >= 15 is 0 Å². The van der Waals surface area contributed by atoms with Crippen molar-refractivity contribution in [3.8, 4) is 0 Å². The van der Waals surface area contributed by atoms with Crippen LogP contribution in [0, 0.1) is 5.82 Å². The van der Waals surface area contributed by atoms with Crippen molar-refractivity contribution in [3.05, 3.63) is 71.5 Å². The Morgan fingerprint density at radius 1 is 0.929 bits per heavy atom. The molecule has 1 heterocycles. The maximum Gasteiger partial charge on any atom is 0.232 e. The number of halogens is 1. The van der Waals surface area contributed by atoms with Crippen LogP contribution in [-0.2, 0) is 26.3 Å². The van der Waals surface area contributed by atoms with Crippen LogP contribution in [0.2, 0.25) is 0 Å². The summed E-state index contributed by atoms with van der Waals surface area (Å²) in [6, 6.07) is 15.3. The molecule has 0 saturated carbocycles. The first-order valence-corrected chi connectivity index (χ1v) is 11.8. The van der Waals surface area contributed by atoms with Gasteiger partial charge in [0, 0.05) is 31.9 Å². The third-order valence-electron chi connectivity index (χ3n) is 4.58. The highest BCUT2D eigenvalue weighted by Crippen LogP contribution is 2.16. The van der Waals surface area contributed by atoms with Crippen molar-refractivity contribution in [2.75, 3.05) is 31.9 Å². The maximum atomic E-state index is 12.9. The summed E-state index contributed by atoms with van der Waals surface area (Å²) in [5, 5.41) is 0. The van der Waals surface area contributed by atoms with E-state index in [2.05, 4.69) is 0 Å². The molecule has 1 fully saturated rings. The van der Waals surface area contributed by atoms with E-state index in [9.17, 15) is 17.6 Å². The summed E-state index contributed by atoms with van der Waals surface area (Å²) in [5.74, 6) is 0.679. The first kappa shape index (κ1) is 20.8. The summed E-state index contributed by atoms with van der Waals surface area (Å²) in [4.78, 5) is 14.1. The quantitative estimate of drug-likeness (QED) is 0.689. The Hall–Kier alpha value is -1.90. The third-order valence-corrected chi connectivity index (χ3v) is 7.42. The SMILES string of the molecule is O=C(CSCc1ccc(F)cc1)N1CCN(S(=O)(=O)Cc2ccccc2)CC1. The molecule has 28 heavy (non-hydrogen) atoms. The zero-order chi connectivity index (χ0) is 20.0. The minimum atomic E-state index is -3.38. The van der Waals surface area contributed by atoms with E-state index in [-0.39, 0.29) is 17.5 Å². The van der Waals surface area contributed by atoms with Gasteiger partial charge in [0.1, 0.15) is 5.82 Å². The molecular weight excluding hydrogens is 399 g/mol. The van der Waals surface area contributed by atoms with E-state index in [1.165, 1.54) is 28.2 Å². The summed E-state index contributed by atoms with van der Waals surface area (Å²) in [7, 11) is -3.38. The second-order valence-corrected chi connectivity index (χ2v) is 9.60. The summed E-state index contributed by atoms with van der Waals surface area (Å²) in [6.07, 6.45) is 0. The number of hydrogen-bond donors (Lipinski definition) is 0. The maximum absolute atomic E-state index is 12.9. The molecule has 0 N–H and O–H groups in total. The van der Waals surface area contributed by atoms with Crippen molar-refractivity contribution in [1.82, 2.24) is 9.21 Å². The zero-order valence-electron chi connectivity index (χ0n) is 15.5. The lowest BCUT2D eigenvalue weighted by Crippen LogP contribution is -2.51. The predicted octanol–water partition coefficient (Wildman–Crippen LogP) is 2.73. The lowest BCUT2D eigenvalue weighted by atomic mass is 10.2. The topological polar surface area (TPSA) is 57.7 Å². The predicted molar refractivity (Wildman–Crippen MR) is 110 cm³/mol. The van der Waals surface area contributed by atoms with E-state index in [4.69, 9.17) is 0 Å². The number of benzene rings is 2. The Labute approximate surface area is 169 Å². The lowest BCUT2D eigenvalue weighted by Gasteiger charge is -2.34. The fourth-order valence-corrected chi connectivity index (χ4v) is 5.42. The van der Waals surface area contributed by atoms with Crippen molar-refractivity contribution < 1.29 is 17.6 Å². The van der Waals surface area contributed by atoms with Gasteiger partial charge in [0.25, 0.3) is 0 Å². The molecule has 1 amide bonds. The molecule has 0 spiro atoms. The molecule has 3 rings (SSSR count). The highest BCUT2D eigenvalue weighted by atomic mass is 32.2. The van der Waals surface area contributed by atoms with Gasteiger partial charge in [0.2, 0.25) is 15.9 Å². The molecule has 2 aromatic carbocycles. The van der Waals surface area contributed by atoms with Gasteiger partial charge in [0.05, 0.1) is 11.5 Å². The van der Waals surface area contributed by atoms with Crippen LogP contribution in [0.1, 0.15) is 11.1 Å². The fourth-order valence-electron chi connectivity index (χ4n) is 3.02. The Morgan fingerprint density at radius 3 is 2.21 bits per heavy atom. The van der Waals surface area contributed by atoms with Crippen molar-refractivity contribution >= 4 is 27.7 Å². The number of sulfonamides is 1. The van der Waals surface area contributed by atoms with E-state index in [0.29, 0.717) is 37.7 Å². The highest BCUT2D eigenvalue weighted by molar-refractivity contribution is 7.99. The van der Waals surface area contributed by atoms with Crippen LogP contribution in [0.4, 0.5) is 4.39 Å². The van der Waals surface area contributed by atoms with Gasteiger partial charge in [-0.1, -0.05) is 42.5 Å². The van der Waals surface area contributed by atoms with Gasteiger partial charge < -0.3 is 4.90 Å². The molecule has 1 aliphatic rings. The Bertz CT molecular complexity index is 881. The van der Waals surface area contributed by atoms with Crippen LogP contribution in [0.5, 0.6) is 0 Å². The van der Waals surface area contributed by atoms with Crippen LogP contribution in [0.25, 0.3) is 0 Å². The van der Waals surface area contributed by atoms with Gasteiger partial charge in [-0.15, -0.1) is 11.8 Å². The van der Waals surface area contributed by atoms with E-state index in [1.54, 1.807) is 29.2 Å². The minimum Gasteiger partial charge on any atom is -0.339 e. The molecule has 0 aromatic heterocycles. The van der Waals surface area contributed by atoms with Crippen LogP contribution < -0.4 is 0 Å². The lowest BCUT2D eigenvalue weighted by molar-refractivity contribution is -0.129. The first-order valence-electron chi connectivity index (χ1n) is 9.06. The third kappa shape index (κ3) is 5.80. The molecule has 0 aliphatic carbocycles. The highest BCUT2D eigenvalue weighted by Gasteiger charge is 2.28. The first-order chi connectivity index (χ1) is 13.4. The molecule has 150 valence electrons. The van der Waals surface area contributed by atoms with Gasteiger partial charge >= 0.3 is 0 Å². The molecule has 2 aromatic rings. The van der Waals surface area contributed by atoms with Gasteiger partial charge in [0.15, 0.2) is 0 Å². The number of carbonyl (C=O) groups is 1. The second-order valence-electron chi connectivity index (χ2n) is 6.64.